The van der Waals surface area contributed by atoms with E-state index in [9.17, 15) is 14.0 Å². The molecule has 0 aliphatic carbocycles. The van der Waals surface area contributed by atoms with E-state index in [0.717, 1.165) is 6.07 Å². The van der Waals surface area contributed by atoms with Gasteiger partial charge in [-0.3, -0.25) is 4.79 Å². The Morgan fingerprint density at radius 1 is 1.29 bits per heavy atom. The topological polar surface area (TPSA) is 79.2 Å². The maximum Gasteiger partial charge on any atom is 0.341 e. The minimum absolute atomic E-state index is 0.268. The fourth-order valence-electron chi connectivity index (χ4n) is 1.86. The summed E-state index contributed by atoms with van der Waals surface area (Å²) < 4.78 is 19.2. The summed E-state index contributed by atoms with van der Waals surface area (Å²) in [6.07, 6.45) is -1.16. The Morgan fingerprint density at radius 3 is 2.67 bits per heavy atom. The van der Waals surface area contributed by atoms with Crippen LogP contribution >= 0.6 is 15.9 Å². The van der Waals surface area contributed by atoms with Gasteiger partial charge < -0.3 is 10.1 Å². The number of ether oxygens (including phenoxy) is 1. The smallest absolute Gasteiger partial charge is 0.341 e. The summed E-state index contributed by atoms with van der Waals surface area (Å²) >= 11 is 3.09. The van der Waals surface area contributed by atoms with E-state index in [1.807, 2.05) is 6.07 Å². The predicted octanol–water partition coefficient (Wildman–Crippen LogP) is 3.64. The number of hydrogen-bond acceptors (Lipinski definition) is 4. The normalized spacial score (nSPS) is 11.2. The average molecular weight is 391 g/mol. The molecule has 0 saturated heterocycles. The Morgan fingerprint density at radius 2 is 2.00 bits per heavy atom. The van der Waals surface area contributed by atoms with Crippen molar-refractivity contribution in [3.05, 3.63) is 63.9 Å². The Labute approximate surface area is 146 Å². The number of nitrogens with one attached hydrogen (secondary N) is 1. The Balaban J connectivity index is 2.06. The lowest BCUT2D eigenvalue weighted by Crippen LogP contribution is -2.30. The van der Waals surface area contributed by atoms with Crippen molar-refractivity contribution in [2.45, 2.75) is 13.0 Å². The second kappa shape index (κ2) is 7.70. The highest BCUT2D eigenvalue weighted by Crippen LogP contribution is 2.17. The molecule has 2 aromatic carbocycles. The van der Waals surface area contributed by atoms with Gasteiger partial charge in [-0.1, -0.05) is 28.1 Å². The molecular formula is C17H12BrFN2O3. The van der Waals surface area contributed by atoms with Crippen LogP contribution in [0.15, 0.2) is 46.9 Å². The summed E-state index contributed by atoms with van der Waals surface area (Å²) in [5.74, 6) is -2.32. The number of rotatable bonds is 4. The minimum Gasteiger partial charge on any atom is -0.449 e. The summed E-state index contributed by atoms with van der Waals surface area (Å²) in [4.78, 5) is 24.0. The van der Waals surface area contributed by atoms with Crippen molar-refractivity contribution in [1.29, 1.82) is 5.26 Å². The molecule has 1 N–H and O–H groups in total. The molecule has 7 heteroatoms. The summed E-state index contributed by atoms with van der Waals surface area (Å²) in [5, 5.41) is 11.5. The van der Waals surface area contributed by atoms with Crippen LogP contribution in [0.4, 0.5) is 10.1 Å². The number of carbonyl (C=O) groups is 2. The first-order valence-electron chi connectivity index (χ1n) is 6.88. The van der Waals surface area contributed by atoms with Crippen LogP contribution in [0.2, 0.25) is 0 Å². The van der Waals surface area contributed by atoms with Crippen LogP contribution < -0.4 is 5.32 Å². The molecule has 0 spiro atoms. The fraction of sp³-hybridized carbons (Fsp3) is 0.118. The lowest BCUT2D eigenvalue weighted by Gasteiger charge is -2.14. The van der Waals surface area contributed by atoms with Gasteiger partial charge in [-0.2, -0.15) is 5.26 Å². The molecule has 0 aliphatic rings. The van der Waals surface area contributed by atoms with Crippen molar-refractivity contribution >= 4 is 33.5 Å². The maximum atomic E-state index is 13.7. The summed E-state index contributed by atoms with van der Waals surface area (Å²) in [6, 6.07) is 12.2. The Hall–Kier alpha value is -2.72. The molecule has 5 nitrogen and oxygen atoms in total. The number of nitrogens with zero attached hydrogens (tertiary/aromatic N) is 1. The van der Waals surface area contributed by atoms with E-state index >= 15 is 0 Å². The molecule has 1 atom stereocenters. The van der Waals surface area contributed by atoms with Gasteiger partial charge in [-0.05, 0) is 37.3 Å². The van der Waals surface area contributed by atoms with E-state index in [1.54, 1.807) is 24.3 Å². The number of amides is 1. The maximum absolute atomic E-state index is 13.7. The van der Waals surface area contributed by atoms with Crippen molar-refractivity contribution < 1.29 is 18.7 Å². The molecule has 24 heavy (non-hydrogen) atoms. The molecule has 2 rings (SSSR count). The number of hydrogen-bond donors (Lipinski definition) is 1. The molecular weight excluding hydrogens is 379 g/mol. The minimum atomic E-state index is -1.16. The molecule has 0 saturated carbocycles. The highest BCUT2D eigenvalue weighted by molar-refractivity contribution is 9.10. The van der Waals surface area contributed by atoms with Crippen LogP contribution in [0.5, 0.6) is 0 Å². The molecule has 0 unspecified atom stereocenters. The zero-order valence-corrected chi connectivity index (χ0v) is 14.1. The van der Waals surface area contributed by atoms with Crippen LogP contribution in [0.25, 0.3) is 0 Å². The van der Waals surface area contributed by atoms with Crippen LogP contribution in [-0.4, -0.2) is 18.0 Å². The summed E-state index contributed by atoms with van der Waals surface area (Å²) in [7, 11) is 0. The number of benzene rings is 2. The third kappa shape index (κ3) is 4.18. The van der Waals surface area contributed by atoms with Crippen molar-refractivity contribution in [2.75, 3.05) is 5.32 Å². The average Bonchev–Trinajstić information content (AvgIpc) is 2.55. The third-order valence-electron chi connectivity index (χ3n) is 3.11. The predicted molar refractivity (Wildman–Crippen MR) is 88.8 cm³/mol. The highest BCUT2D eigenvalue weighted by atomic mass is 79.9. The largest absolute Gasteiger partial charge is 0.449 e. The standard InChI is InChI=1S/C17H12BrFN2O3/c1-10(16(22)21-15-5-3-2-4-11(15)9-20)24-17(23)13-7-6-12(18)8-14(13)19/h2-8,10H,1H3,(H,21,22)/t10-/m1/s1. The number of esters is 1. The van der Waals surface area contributed by atoms with E-state index in [0.29, 0.717) is 10.2 Å². The first kappa shape index (κ1) is 17.6. The monoisotopic (exact) mass is 390 g/mol. The van der Waals surface area contributed by atoms with Gasteiger partial charge in [0.1, 0.15) is 11.9 Å². The van der Waals surface area contributed by atoms with Crippen LogP contribution in [-0.2, 0) is 9.53 Å². The number of nitriles is 1. The van der Waals surface area contributed by atoms with Gasteiger partial charge in [0.15, 0.2) is 6.10 Å². The highest BCUT2D eigenvalue weighted by Gasteiger charge is 2.21. The quantitative estimate of drug-likeness (QED) is 0.808. The van der Waals surface area contributed by atoms with Gasteiger partial charge in [-0.15, -0.1) is 0 Å². The molecule has 0 fully saturated rings. The Kier molecular flexibility index (Phi) is 5.66. The lowest BCUT2D eigenvalue weighted by atomic mass is 10.2. The lowest BCUT2D eigenvalue weighted by molar-refractivity contribution is -0.123. The van der Waals surface area contributed by atoms with Gasteiger partial charge in [0.2, 0.25) is 0 Å². The number of anilines is 1. The van der Waals surface area contributed by atoms with Gasteiger partial charge in [0.05, 0.1) is 16.8 Å². The van der Waals surface area contributed by atoms with Crippen molar-refractivity contribution in [1.82, 2.24) is 0 Å². The molecule has 0 aromatic heterocycles. The molecule has 0 aliphatic heterocycles. The zero-order chi connectivity index (χ0) is 17.7. The third-order valence-corrected chi connectivity index (χ3v) is 3.60. The first-order valence-corrected chi connectivity index (χ1v) is 7.67. The number of halogens is 2. The summed E-state index contributed by atoms with van der Waals surface area (Å²) in [5.41, 5.74) is 0.321. The van der Waals surface area contributed by atoms with Gasteiger partial charge >= 0.3 is 5.97 Å². The molecule has 0 radical (unpaired) electrons. The second-order valence-electron chi connectivity index (χ2n) is 4.82. The molecule has 122 valence electrons. The van der Waals surface area contributed by atoms with Crippen molar-refractivity contribution in [3.8, 4) is 6.07 Å². The van der Waals surface area contributed by atoms with E-state index < -0.39 is 23.8 Å². The van der Waals surface area contributed by atoms with E-state index in [2.05, 4.69) is 21.2 Å². The van der Waals surface area contributed by atoms with E-state index in [4.69, 9.17) is 10.00 Å². The molecule has 1 amide bonds. The summed E-state index contributed by atoms with van der Waals surface area (Å²) in [6.45, 7) is 1.36. The van der Waals surface area contributed by atoms with Crippen molar-refractivity contribution in [3.63, 3.8) is 0 Å². The second-order valence-corrected chi connectivity index (χ2v) is 5.73. The Bertz CT molecular complexity index is 833. The van der Waals surface area contributed by atoms with Crippen LogP contribution in [0.1, 0.15) is 22.8 Å². The van der Waals surface area contributed by atoms with Crippen LogP contribution in [0, 0.1) is 17.1 Å². The fourth-order valence-corrected chi connectivity index (χ4v) is 2.19. The first-order chi connectivity index (χ1) is 11.4. The molecule has 0 heterocycles. The van der Waals surface area contributed by atoms with E-state index in [1.165, 1.54) is 19.1 Å². The van der Waals surface area contributed by atoms with Gasteiger partial charge in [0, 0.05) is 4.47 Å². The molecule has 0 bridgehead atoms. The number of carbonyl (C=O) groups excluding carboxylic acids is 2. The van der Waals surface area contributed by atoms with E-state index in [-0.39, 0.29) is 11.1 Å². The number of para-hydroxylation sites is 1. The van der Waals surface area contributed by atoms with Gasteiger partial charge in [-0.25, -0.2) is 9.18 Å². The molecule has 2 aromatic rings. The SMILES string of the molecule is C[C@@H](OC(=O)c1ccc(Br)cc1F)C(=O)Nc1ccccc1C#N. The van der Waals surface area contributed by atoms with Crippen molar-refractivity contribution in [2.24, 2.45) is 0 Å². The van der Waals surface area contributed by atoms with Crippen LogP contribution in [0.3, 0.4) is 0 Å². The van der Waals surface area contributed by atoms with Gasteiger partial charge in [0.25, 0.3) is 5.91 Å². The zero-order valence-electron chi connectivity index (χ0n) is 12.5.